The third-order valence-corrected chi connectivity index (χ3v) is 6.82. The lowest BCUT2D eigenvalue weighted by Crippen LogP contribution is -2.13. The lowest BCUT2D eigenvalue weighted by molar-refractivity contribution is -0.385. The third kappa shape index (κ3) is 6.70. The first-order valence-electron chi connectivity index (χ1n) is 13.7. The van der Waals surface area contributed by atoms with Crippen molar-refractivity contribution < 1.29 is 28.3 Å². The van der Waals surface area contributed by atoms with Gasteiger partial charge in [0.15, 0.2) is 0 Å². The number of anilines is 1. The molecule has 5 aromatic carbocycles. The van der Waals surface area contributed by atoms with Crippen molar-refractivity contribution in [3.05, 3.63) is 143 Å². The minimum atomic E-state index is -0.564. The molecule has 10 heteroatoms. The summed E-state index contributed by atoms with van der Waals surface area (Å²) in [6, 6.07) is 32.5. The Morgan fingerprint density at radius 1 is 0.756 bits per heavy atom. The second kappa shape index (κ2) is 12.5. The second-order valence-electron chi connectivity index (χ2n) is 9.86. The fourth-order valence-corrected chi connectivity index (χ4v) is 4.63. The lowest BCUT2D eigenvalue weighted by Gasteiger charge is -2.12. The highest BCUT2D eigenvalue weighted by Gasteiger charge is 2.16. The fraction of sp³-hybridized carbons (Fsp3) is 0.0286. The number of nitrogens with zero attached hydrogens (tertiary/aromatic N) is 2. The smallest absolute Gasteiger partial charge is 0.276 e. The Kier molecular flexibility index (Phi) is 8.02. The van der Waals surface area contributed by atoms with E-state index in [1.54, 1.807) is 37.4 Å². The van der Waals surface area contributed by atoms with Crippen LogP contribution in [-0.4, -0.2) is 22.9 Å². The molecule has 0 radical (unpaired) electrons. The number of hydrogen-bond donors (Lipinski definition) is 1. The Bertz CT molecular complexity index is 2010. The maximum Gasteiger partial charge on any atom is 0.276 e. The first-order chi connectivity index (χ1) is 21.8. The average Bonchev–Trinajstić information content (AvgIpc) is 3.06. The predicted octanol–water partition coefficient (Wildman–Crippen LogP) is 8.79. The molecular formula is C35H24FN3O6. The topological polar surface area (TPSA) is 113 Å². The van der Waals surface area contributed by atoms with Gasteiger partial charge < -0.3 is 19.5 Å². The maximum atomic E-state index is 13.5. The summed E-state index contributed by atoms with van der Waals surface area (Å²) in [4.78, 5) is 29.2. The van der Waals surface area contributed by atoms with Crippen LogP contribution in [0.15, 0.2) is 121 Å². The van der Waals surface area contributed by atoms with E-state index in [1.165, 1.54) is 42.5 Å². The summed E-state index contributed by atoms with van der Waals surface area (Å²) in [5.41, 5.74) is 2.89. The van der Waals surface area contributed by atoms with Crippen molar-refractivity contribution in [1.29, 1.82) is 0 Å². The van der Waals surface area contributed by atoms with Gasteiger partial charge in [-0.1, -0.05) is 18.2 Å². The van der Waals surface area contributed by atoms with E-state index in [9.17, 15) is 19.3 Å². The molecule has 0 bridgehead atoms. The third-order valence-electron chi connectivity index (χ3n) is 6.82. The molecule has 0 aliphatic heterocycles. The first-order valence-corrected chi connectivity index (χ1v) is 13.7. The van der Waals surface area contributed by atoms with Crippen LogP contribution in [0.3, 0.4) is 0 Å². The lowest BCUT2D eigenvalue weighted by atomic mass is 10.0. The molecular weight excluding hydrogens is 577 g/mol. The quantitative estimate of drug-likeness (QED) is 0.130. The Morgan fingerprint density at radius 3 is 1.98 bits per heavy atom. The summed E-state index contributed by atoms with van der Waals surface area (Å²) in [6.45, 7) is 0. The van der Waals surface area contributed by atoms with Crippen LogP contribution >= 0.6 is 0 Å². The summed E-state index contributed by atoms with van der Waals surface area (Å²) in [6.07, 6.45) is 0. The number of non-ortho nitro benzene ring substituents is 1. The molecule has 1 amide bonds. The van der Waals surface area contributed by atoms with Gasteiger partial charge in [0.25, 0.3) is 11.6 Å². The monoisotopic (exact) mass is 601 g/mol. The van der Waals surface area contributed by atoms with Gasteiger partial charge in [0.1, 0.15) is 34.6 Å². The number of nitro benzene ring substituents is 1. The number of pyridine rings is 1. The zero-order chi connectivity index (χ0) is 31.3. The highest BCUT2D eigenvalue weighted by Crippen LogP contribution is 2.34. The van der Waals surface area contributed by atoms with E-state index in [0.717, 1.165) is 5.56 Å². The maximum absolute atomic E-state index is 13.5. The molecule has 6 aromatic rings. The fourth-order valence-electron chi connectivity index (χ4n) is 4.63. The van der Waals surface area contributed by atoms with E-state index < -0.39 is 10.7 Å². The molecule has 222 valence electrons. The van der Waals surface area contributed by atoms with Crippen LogP contribution in [0.2, 0.25) is 0 Å². The van der Waals surface area contributed by atoms with Crippen molar-refractivity contribution in [1.82, 2.24) is 4.98 Å². The summed E-state index contributed by atoms with van der Waals surface area (Å²) in [5.74, 6) is 0.948. The summed E-state index contributed by atoms with van der Waals surface area (Å²) >= 11 is 0. The first kappa shape index (κ1) is 28.8. The highest BCUT2D eigenvalue weighted by molar-refractivity contribution is 6.13. The number of aromatic nitrogens is 1. The highest BCUT2D eigenvalue weighted by atomic mass is 19.1. The zero-order valence-corrected chi connectivity index (χ0v) is 23.8. The summed E-state index contributed by atoms with van der Waals surface area (Å²) < 4.78 is 30.1. The number of carbonyl (C=O) groups excluding carboxylic acids is 1. The van der Waals surface area contributed by atoms with E-state index >= 15 is 0 Å². The van der Waals surface area contributed by atoms with Crippen LogP contribution in [0.25, 0.3) is 22.2 Å². The van der Waals surface area contributed by atoms with Crippen molar-refractivity contribution in [2.45, 2.75) is 0 Å². The van der Waals surface area contributed by atoms with Gasteiger partial charge in [-0.15, -0.1) is 0 Å². The van der Waals surface area contributed by atoms with Gasteiger partial charge in [0.05, 0.1) is 40.9 Å². The molecule has 0 saturated carbocycles. The largest absolute Gasteiger partial charge is 0.497 e. The minimum absolute atomic E-state index is 0.147. The van der Waals surface area contributed by atoms with Crippen LogP contribution in [0, 0.1) is 15.9 Å². The second-order valence-corrected chi connectivity index (χ2v) is 9.86. The Hall–Kier alpha value is -6.29. The molecule has 45 heavy (non-hydrogen) atoms. The number of para-hydroxylation sites is 1. The number of nitro groups is 1. The number of ether oxygens (including phenoxy) is 3. The van der Waals surface area contributed by atoms with Gasteiger partial charge in [-0.05, 0) is 84.9 Å². The van der Waals surface area contributed by atoms with Crippen molar-refractivity contribution >= 4 is 28.2 Å². The van der Waals surface area contributed by atoms with Gasteiger partial charge in [0.2, 0.25) is 0 Å². The molecule has 1 heterocycles. The number of carbonyl (C=O) groups is 1. The van der Waals surface area contributed by atoms with E-state index in [-0.39, 0.29) is 23.1 Å². The van der Waals surface area contributed by atoms with Crippen molar-refractivity contribution in [2.24, 2.45) is 0 Å². The Balaban J connectivity index is 1.21. The van der Waals surface area contributed by atoms with Crippen molar-refractivity contribution in [3.63, 3.8) is 0 Å². The van der Waals surface area contributed by atoms with Crippen molar-refractivity contribution in [3.8, 4) is 40.0 Å². The van der Waals surface area contributed by atoms with Crippen molar-refractivity contribution in [2.75, 3.05) is 12.4 Å². The molecule has 0 aliphatic rings. The number of amides is 1. The molecule has 0 spiro atoms. The van der Waals surface area contributed by atoms with Crippen LogP contribution in [-0.2, 0) is 0 Å². The SMILES string of the molecule is COc1ccc(-c2cc(C(=O)Nc3ccc(Oc4cc(Oc5ccc(F)cc5)cc([N+](=O)[O-])c4)cc3)c3ccccc3n2)cc1. The van der Waals surface area contributed by atoms with Gasteiger partial charge in [0, 0.05) is 22.7 Å². The number of fused-ring (bicyclic) bond motifs is 1. The zero-order valence-electron chi connectivity index (χ0n) is 23.8. The van der Waals surface area contributed by atoms with Crippen LogP contribution in [0.1, 0.15) is 10.4 Å². The van der Waals surface area contributed by atoms with Crippen LogP contribution in [0.5, 0.6) is 28.7 Å². The number of nitrogens with one attached hydrogen (secondary N) is 1. The molecule has 0 atom stereocenters. The molecule has 1 N–H and O–H groups in total. The van der Waals surface area contributed by atoms with E-state index in [1.807, 2.05) is 48.5 Å². The average molecular weight is 602 g/mol. The molecule has 9 nitrogen and oxygen atoms in total. The number of hydrogen-bond acceptors (Lipinski definition) is 7. The van der Waals surface area contributed by atoms with E-state index in [4.69, 9.17) is 19.2 Å². The van der Waals surface area contributed by atoms with E-state index in [2.05, 4.69) is 5.32 Å². The predicted molar refractivity (Wildman–Crippen MR) is 168 cm³/mol. The van der Waals surface area contributed by atoms with Gasteiger partial charge in [-0.3, -0.25) is 14.9 Å². The van der Waals surface area contributed by atoms with Gasteiger partial charge in [-0.25, -0.2) is 9.37 Å². The number of halogens is 1. The molecule has 1 aromatic heterocycles. The Morgan fingerprint density at radius 2 is 1.36 bits per heavy atom. The van der Waals surface area contributed by atoms with Crippen LogP contribution < -0.4 is 19.5 Å². The standard InChI is InChI=1S/C35H24FN3O6/c1-43-26-12-6-22(7-13-26)34-21-32(31-4-2-3-5-33(31)38-34)35(40)37-24-10-16-28(17-11-24)45-30-19-25(39(41)42)18-29(20-30)44-27-14-8-23(36)9-15-27/h2-21H,1H3,(H,37,40). The molecule has 0 fully saturated rings. The van der Waals surface area contributed by atoms with Crippen LogP contribution in [0.4, 0.5) is 15.8 Å². The molecule has 0 aliphatic carbocycles. The number of methoxy groups -OCH3 is 1. The Labute approximate surface area is 256 Å². The molecule has 0 unspecified atom stereocenters. The normalized spacial score (nSPS) is 10.7. The summed E-state index contributed by atoms with van der Waals surface area (Å²) in [7, 11) is 1.60. The van der Waals surface area contributed by atoms with Gasteiger partial charge >= 0.3 is 0 Å². The molecule has 0 saturated heterocycles. The minimum Gasteiger partial charge on any atom is -0.497 e. The van der Waals surface area contributed by atoms with E-state index in [0.29, 0.717) is 45.1 Å². The van der Waals surface area contributed by atoms with Gasteiger partial charge in [-0.2, -0.15) is 0 Å². The molecule has 6 rings (SSSR count). The number of benzene rings is 5. The summed E-state index contributed by atoms with van der Waals surface area (Å²) in [5, 5.41) is 15.2. The number of rotatable bonds is 9.